The van der Waals surface area contributed by atoms with Crippen molar-refractivity contribution in [2.24, 2.45) is 5.73 Å². The number of Topliss-reactive ketones (excluding diaryl/α,β-unsaturated/α-hetero) is 1. The van der Waals surface area contributed by atoms with Crippen molar-refractivity contribution in [2.45, 2.75) is 72.9 Å². The summed E-state index contributed by atoms with van der Waals surface area (Å²) in [6.45, 7) is 14.4. The lowest BCUT2D eigenvalue weighted by atomic mass is 10.1. The summed E-state index contributed by atoms with van der Waals surface area (Å²) in [5.41, 5.74) is 6.30. The molecule has 2 rings (SSSR count). The number of urea groups is 1. The zero-order valence-corrected chi connectivity index (χ0v) is 24.9. The topological polar surface area (TPSA) is 75.4 Å². The number of ketones is 1. The van der Waals surface area contributed by atoms with Gasteiger partial charge in [-0.25, -0.2) is 13.6 Å². The highest BCUT2D eigenvalue weighted by atomic mass is 35.5. The van der Waals surface area contributed by atoms with E-state index < -0.39 is 5.82 Å². The number of nitrogens with one attached hydrogen (secondary N) is 1. The maximum Gasteiger partial charge on any atom is 0.317 e. The van der Waals surface area contributed by atoms with E-state index in [0.29, 0.717) is 17.6 Å². The number of hydrogen-bond donors (Lipinski definition) is 2. The number of nitrogens with zero attached hydrogens (tertiary/aromatic N) is 1. The lowest BCUT2D eigenvalue weighted by Crippen LogP contribution is -2.42. The Hall–Kier alpha value is -3.03. The van der Waals surface area contributed by atoms with Gasteiger partial charge in [0.05, 0.1) is 5.02 Å². The van der Waals surface area contributed by atoms with E-state index in [1.54, 1.807) is 36.2 Å². The summed E-state index contributed by atoms with van der Waals surface area (Å²) in [5, 5.41) is 4.51. The van der Waals surface area contributed by atoms with E-state index in [-0.39, 0.29) is 35.2 Å². The first kappa shape index (κ1) is 36.0. The molecule has 0 saturated carbocycles. The van der Waals surface area contributed by atoms with Crippen LogP contribution in [0.15, 0.2) is 48.6 Å². The first-order valence-electron chi connectivity index (χ1n) is 13.2. The second-order valence-corrected chi connectivity index (χ2v) is 9.36. The molecule has 0 spiro atoms. The number of allylic oxidation sites excluding steroid dienone is 1. The summed E-state index contributed by atoms with van der Waals surface area (Å²) in [6, 6.07) is 9.18. The fourth-order valence-corrected chi connectivity index (χ4v) is 3.70. The third-order valence-corrected chi connectivity index (χ3v) is 6.18. The molecule has 0 fully saturated rings. The van der Waals surface area contributed by atoms with Crippen molar-refractivity contribution >= 4 is 35.6 Å². The van der Waals surface area contributed by atoms with Gasteiger partial charge in [0.25, 0.3) is 0 Å². The van der Waals surface area contributed by atoms with Crippen LogP contribution in [0.1, 0.15) is 65.9 Å². The summed E-state index contributed by atoms with van der Waals surface area (Å²) in [7, 11) is 1.76. The second-order valence-electron chi connectivity index (χ2n) is 8.98. The van der Waals surface area contributed by atoms with Crippen LogP contribution in [0.4, 0.5) is 13.6 Å². The van der Waals surface area contributed by atoms with Crippen molar-refractivity contribution in [3.8, 4) is 0 Å². The summed E-state index contributed by atoms with van der Waals surface area (Å²) < 4.78 is 26.3. The molecule has 3 N–H and O–H groups in total. The second kappa shape index (κ2) is 20.0. The first-order valence-corrected chi connectivity index (χ1v) is 13.6. The van der Waals surface area contributed by atoms with E-state index in [9.17, 15) is 18.4 Å². The molecule has 0 unspecified atom stereocenters. The Balaban J connectivity index is 0.000000658. The molecule has 2 aromatic carbocycles. The highest BCUT2D eigenvalue weighted by molar-refractivity contribution is 6.31. The van der Waals surface area contributed by atoms with Gasteiger partial charge in [-0.3, -0.25) is 4.79 Å². The molecular weight excluding hydrogens is 520 g/mol. The summed E-state index contributed by atoms with van der Waals surface area (Å²) in [5.74, 6) is -0.700. The molecule has 39 heavy (non-hydrogen) atoms. The van der Waals surface area contributed by atoms with Crippen LogP contribution in [0.25, 0.3) is 12.2 Å². The quantitative estimate of drug-likeness (QED) is 0.387. The van der Waals surface area contributed by atoms with Gasteiger partial charge in [-0.1, -0.05) is 69.3 Å². The lowest BCUT2D eigenvalue weighted by Gasteiger charge is -2.26. The fourth-order valence-electron chi connectivity index (χ4n) is 3.51. The van der Waals surface area contributed by atoms with Gasteiger partial charge < -0.3 is 16.0 Å². The van der Waals surface area contributed by atoms with Crippen molar-refractivity contribution < 1.29 is 18.4 Å². The van der Waals surface area contributed by atoms with Crippen LogP contribution in [-0.2, 0) is 11.3 Å². The summed E-state index contributed by atoms with van der Waals surface area (Å²) in [4.78, 5) is 24.5. The predicted octanol–water partition coefficient (Wildman–Crippen LogP) is 6.11. The van der Waals surface area contributed by atoms with Gasteiger partial charge in [-0.05, 0) is 79.4 Å². The van der Waals surface area contributed by atoms with Crippen molar-refractivity contribution in [1.29, 1.82) is 0 Å². The number of nitrogens with two attached hydrogens (primary N) is 1. The molecule has 8 heteroatoms. The van der Waals surface area contributed by atoms with Crippen molar-refractivity contribution in [1.82, 2.24) is 10.2 Å². The number of amides is 2. The Kier molecular flexibility index (Phi) is 18.4. The van der Waals surface area contributed by atoms with Crippen molar-refractivity contribution in [2.75, 3.05) is 13.6 Å². The number of carbonyl (C=O) groups is 2. The molecule has 216 valence electrons. The van der Waals surface area contributed by atoms with Crippen LogP contribution in [-0.4, -0.2) is 36.3 Å². The molecule has 0 aliphatic heterocycles. The maximum atomic E-state index is 13.2. The van der Waals surface area contributed by atoms with Crippen LogP contribution < -0.4 is 21.5 Å². The number of rotatable bonds is 9. The van der Waals surface area contributed by atoms with Gasteiger partial charge in [0, 0.05) is 26.1 Å². The molecule has 5 nitrogen and oxygen atoms in total. The SMILES string of the molecule is C=C(/C=c1/cc(F)cc/c1=C/C)CC(C)=O.CCC(CC)N(C)C(=O)NCc1cccc(F)c1Cl.CCCN. The minimum atomic E-state index is -0.471. The highest BCUT2D eigenvalue weighted by Gasteiger charge is 2.16. The normalized spacial score (nSPS) is 11.3. The van der Waals surface area contributed by atoms with Crippen molar-refractivity contribution in [3.05, 3.63) is 81.2 Å². The minimum Gasteiger partial charge on any atom is -0.334 e. The number of carbonyl (C=O) groups excluding carboxylic acids is 2. The fraction of sp³-hybridized carbons (Fsp3) is 0.419. The van der Waals surface area contributed by atoms with E-state index in [1.165, 1.54) is 25.1 Å². The molecule has 0 heterocycles. The highest BCUT2D eigenvalue weighted by Crippen LogP contribution is 2.19. The van der Waals surface area contributed by atoms with E-state index in [0.717, 1.165) is 36.2 Å². The smallest absolute Gasteiger partial charge is 0.317 e. The molecule has 2 aromatic rings. The standard InChI is InChI=1S/C14H20ClFN2O.C14H15FO.C3H9N/c1-4-11(5-2)18(3)14(19)17-9-10-7-6-8-12(16)13(10)15;1-4-12-5-6-14(15)9-13(12)8-10(2)7-11(3)16;1-2-3-4/h6-8,11H,4-5,9H2,1-3H3,(H,17,19);4-6,8-9H,2,7H2,1,3H3;2-4H2,1H3/b;12-4-,13-8-;. The van der Waals surface area contributed by atoms with E-state index in [4.69, 9.17) is 17.3 Å². The molecule has 0 saturated heterocycles. The Labute approximate surface area is 237 Å². The average molecular weight is 564 g/mol. The number of hydrogen-bond acceptors (Lipinski definition) is 3. The molecule has 0 aliphatic rings. The van der Waals surface area contributed by atoms with Gasteiger partial charge in [0.1, 0.15) is 17.4 Å². The summed E-state index contributed by atoms with van der Waals surface area (Å²) >= 11 is 5.83. The molecule has 2 amide bonds. The Morgan fingerprint density at radius 3 is 2.26 bits per heavy atom. The summed E-state index contributed by atoms with van der Waals surface area (Å²) in [6.07, 6.45) is 6.86. The average Bonchev–Trinajstić information content (AvgIpc) is 2.90. The molecule has 0 radical (unpaired) electrons. The monoisotopic (exact) mass is 563 g/mol. The Morgan fingerprint density at radius 2 is 1.74 bits per heavy atom. The minimum absolute atomic E-state index is 0.0553. The van der Waals surface area contributed by atoms with E-state index in [1.807, 2.05) is 26.8 Å². The molecule has 0 aliphatic carbocycles. The molecule has 0 aromatic heterocycles. The van der Waals surface area contributed by atoms with E-state index >= 15 is 0 Å². The Morgan fingerprint density at radius 1 is 1.13 bits per heavy atom. The van der Waals surface area contributed by atoms with Crippen LogP contribution in [0, 0.1) is 11.6 Å². The lowest BCUT2D eigenvalue weighted by molar-refractivity contribution is -0.116. The third kappa shape index (κ3) is 14.1. The molecule has 0 bridgehead atoms. The molecular formula is C31H44ClF2N3O2. The third-order valence-electron chi connectivity index (χ3n) is 5.76. The molecule has 0 atom stereocenters. The largest absolute Gasteiger partial charge is 0.334 e. The van der Waals surface area contributed by atoms with E-state index in [2.05, 4.69) is 18.8 Å². The number of halogens is 3. The first-order chi connectivity index (χ1) is 18.4. The van der Waals surface area contributed by atoms with Crippen LogP contribution in [0.5, 0.6) is 0 Å². The Bertz CT molecular complexity index is 1180. The van der Waals surface area contributed by atoms with Gasteiger partial charge in [-0.2, -0.15) is 0 Å². The van der Waals surface area contributed by atoms with Gasteiger partial charge in [-0.15, -0.1) is 0 Å². The zero-order chi connectivity index (χ0) is 30.0. The van der Waals surface area contributed by atoms with Crippen molar-refractivity contribution in [3.63, 3.8) is 0 Å². The maximum absolute atomic E-state index is 13.2. The van der Waals surface area contributed by atoms with Gasteiger partial charge in [0.15, 0.2) is 0 Å². The zero-order valence-electron chi connectivity index (χ0n) is 24.1. The number of benzene rings is 2. The van der Waals surface area contributed by atoms with Gasteiger partial charge in [0.2, 0.25) is 0 Å². The van der Waals surface area contributed by atoms with Gasteiger partial charge >= 0.3 is 6.03 Å². The van der Waals surface area contributed by atoms with Crippen LogP contribution >= 0.6 is 11.6 Å². The van der Waals surface area contributed by atoms with Crippen LogP contribution in [0.3, 0.4) is 0 Å². The van der Waals surface area contributed by atoms with Crippen LogP contribution in [0.2, 0.25) is 5.02 Å². The predicted molar refractivity (Wildman–Crippen MR) is 160 cm³/mol.